The zero-order valence-corrected chi connectivity index (χ0v) is 11.6. The fraction of sp³-hybridized carbons (Fsp3) is 0.417. The third-order valence-electron chi connectivity index (χ3n) is 2.73. The topological polar surface area (TPSA) is 96.2 Å². The number of benzene rings is 1. The molecule has 1 fully saturated rings. The number of hydrogen-bond donors (Lipinski definition) is 3. The second-order valence-electron chi connectivity index (χ2n) is 3.98. The Morgan fingerprint density at radius 3 is 2.37 bits per heavy atom. The van der Waals surface area contributed by atoms with Crippen molar-refractivity contribution in [2.45, 2.75) is 24.6 Å². The van der Waals surface area contributed by atoms with Crippen LogP contribution in [0.5, 0.6) is 0 Å². The molecule has 6 nitrogen and oxygen atoms in total. The average Bonchev–Trinajstić information content (AvgIpc) is 2.67. The zero-order valence-electron chi connectivity index (χ0n) is 9.88. The van der Waals surface area contributed by atoms with Crippen molar-refractivity contribution < 1.29 is 29.6 Å². The number of halogens is 1. The van der Waals surface area contributed by atoms with Crippen LogP contribution >= 0.6 is 17.0 Å². The lowest BCUT2D eigenvalue weighted by molar-refractivity contribution is -0.139. The van der Waals surface area contributed by atoms with Crippen LogP contribution in [-0.2, 0) is 9.47 Å². The molecule has 1 saturated heterocycles. The number of aliphatic hydroxyl groups is 3. The minimum Gasteiger partial charge on any atom is -0.429 e. The summed E-state index contributed by atoms with van der Waals surface area (Å²) in [7, 11) is 0. The van der Waals surface area contributed by atoms with E-state index in [0.29, 0.717) is 5.56 Å². The van der Waals surface area contributed by atoms with Gasteiger partial charge in [-0.05, 0) is 12.1 Å². The van der Waals surface area contributed by atoms with Crippen LogP contribution < -0.4 is 0 Å². The summed E-state index contributed by atoms with van der Waals surface area (Å²) in [5.74, 6) is -0.662. The Morgan fingerprint density at radius 2 is 1.84 bits per heavy atom. The molecule has 0 spiro atoms. The van der Waals surface area contributed by atoms with Crippen molar-refractivity contribution >= 4 is 23.0 Å². The summed E-state index contributed by atoms with van der Waals surface area (Å²) in [5.41, 5.74) is 0.315. The lowest BCUT2D eigenvalue weighted by Crippen LogP contribution is -2.35. The number of aliphatic hydroxyl groups excluding tert-OH is 3. The van der Waals surface area contributed by atoms with Gasteiger partial charge in [0.15, 0.2) is 0 Å². The third-order valence-corrected chi connectivity index (χ3v) is 2.73. The molecule has 0 bridgehead atoms. The molecule has 0 radical (unpaired) electrons. The second-order valence-corrected chi connectivity index (χ2v) is 3.98. The van der Waals surface area contributed by atoms with Crippen LogP contribution in [0.1, 0.15) is 10.4 Å². The molecule has 1 aliphatic heterocycles. The van der Waals surface area contributed by atoms with E-state index in [1.807, 2.05) is 0 Å². The van der Waals surface area contributed by atoms with Crippen molar-refractivity contribution in [3.05, 3.63) is 35.9 Å². The Hall–Kier alpha value is -0.990. The van der Waals surface area contributed by atoms with Gasteiger partial charge in [0, 0.05) is 0 Å². The van der Waals surface area contributed by atoms with Crippen LogP contribution in [0.4, 0.5) is 0 Å². The summed E-state index contributed by atoms with van der Waals surface area (Å²) in [6, 6.07) is 8.22. The minimum atomic E-state index is -1.37. The fourth-order valence-electron chi connectivity index (χ4n) is 1.71. The summed E-state index contributed by atoms with van der Waals surface area (Å²) in [6.07, 6.45) is -4.86. The number of carbonyl (C=O) groups is 1. The molecule has 0 aromatic heterocycles. The lowest BCUT2D eigenvalue weighted by atomic mass is 10.1. The van der Waals surface area contributed by atoms with E-state index >= 15 is 0 Å². The number of carbonyl (C=O) groups excluding carboxylic acids is 1. The van der Waals surface area contributed by atoms with Gasteiger partial charge < -0.3 is 24.8 Å². The van der Waals surface area contributed by atoms with Gasteiger partial charge in [0.1, 0.15) is 18.3 Å². The highest BCUT2D eigenvalue weighted by molar-refractivity contribution is 8.93. The summed E-state index contributed by atoms with van der Waals surface area (Å²) in [6.45, 7) is -0.461. The first-order chi connectivity index (χ1) is 8.63. The normalized spacial score (nSPS) is 29.6. The highest BCUT2D eigenvalue weighted by Crippen LogP contribution is 2.22. The molecule has 19 heavy (non-hydrogen) atoms. The number of hydrogen-bond acceptors (Lipinski definition) is 6. The van der Waals surface area contributed by atoms with Crippen LogP contribution in [0.25, 0.3) is 0 Å². The molecule has 1 aliphatic rings. The Kier molecular flexibility index (Phi) is 5.89. The van der Waals surface area contributed by atoms with E-state index in [0.717, 1.165) is 0 Å². The Labute approximate surface area is 120 Å². The van der Waals surface area contributed by atoms with Gasteiger partial charge in [0.2, 0.25) is 6.29 Å². The maximum atomic E-state index is 11.7. The molecule has 4 atom stereocenters. The maximum Gasteiger partial charge on any atom is 0.340 e. The molecule has 1 heterocycles. The van der Waals surface area contributed by atoms with Crippen molar-refractivity contribution in [1.29, 1.82) is 0 Å². The van der Waals surface area contributed by atoms with Crippen molar-refractivity contribution in [2.24, 2.45) is 0 Å². The fourth-order valence-corrected chi connectivity index (χ4v) is 1.71. The zero-order chi connectivity index (χ0) is 13.1. The van der Waals surface area contributed by atoms with Gasteiger partial charge >= 0.3 is 5.97 Å². The SMILES string of the molecule is Br.O=C(O[C@H]1O[C@H](CO)[C@@H](O)[C@@H]1O)c1ccccc1. The van der Waals surface area contributed by atoms with Gasteiger partial charge in [-0.2, -0.15) is 0 Å². The first kappa shape index (κ1) is 16.1. The van der Waals surface area contributed by atoms with E-state index in [1.165, 1.54) is 0 Å². The molecular formula is C12H15BrO6. The van der Waals surface area contributed by atoms with Gasteiger partial charge in [-0.1, -0.05) is 18.2 Å². The monoisotopic (exact) mass is 334 g/mol. The lowest BCUT2D eigenvalue weighted by Gasteiger charge is -2.15. The Morgan fingerprint density at radius 1 is 1.21 bits per heavy atom. The molecule has 0 aliphatic carbocycles. The molecule has 0 unspecified atom stereocenters. The van der Waals surface area contributed by atoms with Crippen LogP contribution in [0.2, 0.25) is 0 Å². The quantitative estimate of drug-likeness (QED) is 0.666. The summed E-state index contributed by atoms with van der Waals surface area (Å²) < 4.78 is 9.96. The molecule has 106 valence electrons. The Balaban J connectivity index is 0.00000180. The molecule has 7 heteroatoms. The molecule has 0 amide bonds. The third kappa shape index (κ3) is 3.52. The smallest absolute Gasteiger partial charge is 0.340 e. The molecule has 3 N–H and O–H groups in total. The average molecular weight is 335 g/mol. The number of ether oxygens (including phenoxy) is 2. The Bertz CT molecular complexity index is 412. The van der Waals surface area contributed by atoms with Crippen molar-refractivity contribution in [2.75, 3.05) is 6.61 Å². The first-order valence-electron chi connectivity index (χ1n) is 5.52. The van der Waals surface area contributed by atoms with Gasteiger partial charge in [0.25, 0.3) is 0 Å². The highest BCUT2D eigenvalue weighted by Gasteiger charge is 2.44. The van der Waals surface area contributed by atoms with E-state index < -0.39 is 37.2 Å². The van der Waals surface area contributed by atoms with Crippen molar-refractivity contribution in [3.63, 3.8) is 0 Å². The summed E-state index contributed by atoms with van der Waals surface area (Å²) in [5, 5.41) is 28.0. The summed E-state index contributed by atoms with van der Waals surface area (Å²) in [4.78, 5) is 11.7. The van der Waals surface area contributed by atoms with Crippen molar-refractivity contribution in [1.82, 2.24) is 0 Å². The first-order valence-corrected chi connectivity index (χ1v) is 5.52. The van der Waals surface area contributed by atoms with E-state index in [2.05, 4.69) is 0 Å². The predicted molar refractivity (Wildman–Crippen MR) is 69.9 cm³/mol. The van der Waals surface area contributed by atoms with Gasteiger partial charge in [-0.15, -0.1) is 17.0 Å². The van der Waals surface area contributed by atoms with Gasteiger partial charge in [0.05, 0.1) is 12.2 Å². The van der Waals surface area contributed by atoms with E-state index in [1.54, 1.807) is 30.3 Å². The number of esters is 1. The van der Waals surface area contributed by atoms with Crippen LogP contribution in [0.15, 0.2) is 30.3 Å². The molecule has 2 rings (SSSR count). The van der Waals surface area contributed by atoms with Crippen molar-refractivity contribution in [3.8, 4) is 0 Å². The largest absolute Gasteiger partial charge is 0.429 e. The highest BCUT2D eigenvalue weighted by atomic mass is 79.9. The molecule has 1 aromatic rings. The minimum absolute atomic E-state index is 0. The maximum absolute atomic E-state index is 11.7. The van der Waals surface area contributed by atoms with E-state index in [9.17, 15) is 15.0 Å². The second kappa shape index (κ2) is 6.97. The summed E-state index contributed by atoms with van der Waals surface area (Å²) >= 11 is 0. The van der Waals surface area contributed by atoms with Crippen LogP contribution in [0.3, 0.4) is 0 Å². The van der Waals surface area contributed by atoms with Gasteiger partial charge in [-0.3, -0.25) is 0 Å². The molecule has 0 saturated carbocycles. The number of rotatable bonds is 3. The molecular weight excluding hydrogens is 320 g/mol. The molecule has 1 aromatic carbocycles. The van der Waals surface area contributed by atoms with Crippen LogP contribution in [-0.4, -0.2) is 52.5 Å². The van der Waals surface area contributed by atoms with E-state index in [4.69, 9.17) is 14.6 Å². The predicted octanol–water partition coefficient (Wildman–Crippen LogP) is -0.140. The van der Waals surface area contributed by atoms with Gasteiger partial charge in [-0.25, -0.2) is 4.79 Å². The standard InChI is InChI=1S/C12H14O6.BrH/c13-6-8-9(14)10(15)12(17-8)18-11(16)7-4-2-1-3-5-7;/h1-5,8-10,12-15H,6H2;1H/t8-,9-,10+,12-;/m1./s1. The van der Waals surface area contributed by atoms with E-state index in [-0.39, 0.29) is 17.0 Å². The van der Waals surface area contributed by atoms with Crippen LogP contribution in [0, 0.1) is 0 Å².